The molecule has 28 heavy (non-hydrogen) atoms. The third kappa shape index (κ3) is 2.71. The minimum Gasteiger partial charge on any atom is -0.423 e. The highest BCUT2D eigenvalue weighted by atomic mass is 16.4. The fourth-order valence-electron chi connectivity index (χ4n) is 3.87. The van der Waals surface area contributed by atoms with Crippen LogP contribution in [-0.4, -0.2) is 21.7 Å². The van der Waals surface area contributed by atoms with Crippen LogP contribution in [0.3, 0.4) is 0 Å². The van der Waals surface area contributed by atoms with Crippen molar-refractivity contribution < 1.29 is 10.0 Å². The number of fused-ring (bicyclic) bond motifs is 3. The van der Waals surface area contributed by atoms with Crippen LogP contribution in [-0.2, 0) is 0 Å². The van der Waals surface area contributed by atoms with E-state index in [1.807, 2.05) is 12.1 Å². The van der Waals surface area contributed by atoms with Gasteiger partial charge in [0.05, 0.1) is 11.0 Å². The van der Waals surface area contributed by atoms with Gasteiger partial charge in [-0.3, -0.25) is 0 Å². The highest BCUT2D eigenvalue weighted by Gasteiger charge is 2.13. The van der Waals surface area contributed by atoms with E-state index in [0.717, 1.165) is 16.8 Å². The molecule has 3 nitrogen and oxygen atoms in total. The van der Waals surface area contributed by atoms with Crippen molar-refractivity contribution in [2.75, 3.05) is 0 Å². The summed E-state index contributed by atoms with van der Waals surface area (Å²) in [5.41, 5.74) is 6.06. The van der Waals surface area contributed by atoms with Crippen LogP contribution in [0, 0.1) is 0 Å². The second kappa shape index (κ2) is 6.68. The third-order valence-corrected chi connectivity index (χ3v) is 5.23. The Balaban J connectivity index is 1.70. The van der Waals surface area contributed by atoms with Crippen LogP contribution >= 0.6 is 0 Å². The van der Waals surface area contributed by atoms with Crippen molar-refractivity contribution in [1.29, 1.82) is 0 Å². The zero-order chi connectivity index (χ0) is 19.1. The molecule has 4 heteroatoms. The first-order valence-electron chi connectivity index (χ1n) is 9.27. The van der Waals surface area contributed by atoms with Crippen LogP contribution in [0.2, 0.25) is 0 Å². The van der Waals surface area contributed by atoms with Crippen LogP contribution < -0.4 is 5.46 Å². The maximum Gasteiger partial charge on any atom is 0.488 e. The quantitative estimate of drug-likeness (QED) is 0.474. The van der Waals surface area contributed by atoms with Gasteiger partial charge in [-0.15, -0.1) is 0 Å². The Morgan fingerprint density at radius 1 is 0.571 bits per heavy atom. The van der Waals surface area contributed by atoms with Gasteiger partial charge in [-0.2, -0.15) is 0 Å². The van der Waals surface area contributed by atoms with Gasteiger partial charge in [-0.1, -0.05) is 72.8 Å². The highest BCUT2D eigenvalue weighted by molar-refractivity contribution is 6.58. The zero-order valence-electron chi connectivity index (χ0n) is 15.2. The van der Waals surface area contributed by atoms with Gasteiger partial charge in [0.15, 0.2) is 0 Å². The number of hydrogen-bond donors (Lipinski definition) is 2. The normalized spacial score (nSPS) is 11.2. The predicted octanol–water partition coefficient (Wildman–Crippen LogP) is 4.13. The molecule has 0 aliphatic rings. The molecule has 2 N–H and O–H groups in total. The number of nitrogens with zero attached hydrogens (tertiary/aromatic N) is 1. The Hall–Kier alpha value is -3.34. The predicted molar refractivity (Wildman–Crippen MR) is 116 cm³/mol. The molecule has 0 saturated heterocycles. The smallest absolute Gasteiger partial charge is 0.423 e. The molecule has 0 atom stereocenters. The molecule has 5 rings (SSSR count). The van der Waals surface area contributed by atoms with Crippen molar-refractivity contribution in [3.63, 3.8) is 0 Å². The lowest BCUT2D eigenvalue weighted by Gasteiger charge is -2.10. The molecule has 0 saturated carbocycles. The first-order chi connectivity index (χ1) is 13.7. The monoisotopic (exact) mass is 363 g/mol. The Morgan fingerprint density at radius 3 is 1.79 bits per heavy atom. The highest BCUT2D eigenvalue weighted by Crippen LogP contribution is 2.32. The second-order valence-corrected chi connectivity index (χ2v) is 6.92. The van der Waals surface area contributed by atoms with E-state index in [9.17, 15) is 10.0 Å². The van der Waals surface area contributed by atoms with Crippen LogP contribution in [0.5, 0.6) is 0 Å². The fourth-order valence-corrected chi connectivity index (χ4v) is 3.87. The maximum absolute atomic E-state index is 9.31. The van der Waals surface area contributed by atoms with E-state index in [4.69, 9.17) is 0 Å². The average molecular weight is 363 g/mol. The first-order valence-corrected chi connectivity index (χ1v) is 9.27. The van der Waals surface area contributed by atoms with Crippen LogP contribution in [0.4, 0.5) is 0 Å². The standard InChI is InChI=1S/C24H18BNO2/c27-25(28)19-14-12-17(13-15-19)18-6-5-7-20(16-18)26-23-10-3-1-8-21(23)22-9-2-4-11-24(22)26/h1-16,27-28H. The Kier molecular flexibility index (Phi) is 4.01. The molecule has 4 aromatic carbocycles. The summed E-state index contributed by atoms with van der Waals surface area (Å²) in [5, 5.41) is 21.1. The Bertz CT molecular complexity index is 1240. The van der Waals surface area contributed by atoms with E-state index in [2.05, 4.69) is 77.4 Å². The Labute approximate surface area is 163 Å². The molecule has 1 aromatic heterocycles. The minimum absolute atomic E-state index is 0.488. The van der Waals surface area contributed by atoms with Crippen molar-refractivity contribution >= 4 is 34.4 Å². The molecule has 1 heterocycles. The molecule has 0 bridgehead atoms. The molecule has 0 unspecified atom stereocenters. The van der Waals surface area contributed by atoms with E-state index >= 15 is 0 Å². The van der Waals surface area contributed by atoms with E-state index in [-0.39, 0.29) is 0 Å². The summed E-state index contributed by atoms with van der Waals surface area (Å²) in [6.45, 7) is 0. The molecular weight excluding hydrogens is 345 g/mol. The number of benzene rings is 4. The summed E-state index contributed by atoms with van der Waals surface area (Å²) in [6, 6.07) is 32.7. The SMILES string of the molecule is OB(O)c1ccc(-c2cccc(-n3c4ccccc4c4ccccc43)c2)cc1. The fraction of sp³-hybridized carbons (Fsp3) is 0. The zero-order valence-corrected chi connectivity index (χ0v) is 15.2. The van der Waals surface area contributed by atoms with Gasteiger partial charge in [0, 0.05) is 16.5 Å². The molecular formula is C24H18BNO2. The van der Waals surface area contributed by atoms with Crippen molar-refractivity contribution in [1.82, 2.24) is 4.57 Å². The van der Waals surface area contributed by atoms with E-state index < -0.39 is 7.12 Å². The average Bonchev–Trinajstić information content (AvgIpc) is 3.08. The lowest BCUT2D eigenvalue weighted by atomic mass is 9.80. The van der Waals surface area contributed by atoms with Crippen LogP contribution in [0.25, 0.3) is 38.6 Å². The largest absolute Gasteiger partial charge is 0.488 e. The second-order valence-electron chi connectivity index (χ2n) is 6.92. The van der Waals surface area contributed by atoms with Crippen LogP contribution in [0.15, 0.2) is 97.1 Å². The minimum atomic E-state index is -1.45. The van der Waals surface area contributed by atoms with Crippen molar-refractivity contribution in [3.05, 3.63) is 97.1 Å². The molecule has 0 spiro atoms. The summed E-state index contributed by atoms with van der Waals surface area (Å²) < 4.78 is 2.29. The topological polar surface area (TPSA) is 45.4 Å². The first kappa shape index (κ1) is 16.8. The van der Waals surface area contributed by atoms with Gasteiger partial charge in [-0.25, -0.2) is 0 Å². The number of hydrogen-bond acceptors (Lipinski definition) is 2. The number of para-hydroxylation sites is 2. The van der Waals surface area contributed by atoms with Crippen molar-refractivity contribution in [3.8, 4) is 16.8 Å². The van der Waals surface area contributed by atoms with Crippen molar-refractivity contribution in [2.45, 2.75) is 0 Å². The summed E-state index contributed by atoms with van der Waals surface area (Å²) in [6.07, 6.45) is 0. The van der Waals surface area contributed by atoms with E-state index in [1.165, 1.54) is 21.8 Å². The lowest BCUT2D eigenvalue weighted by Crippen LogP contribution is -2.29. The van der Waals surface area contributed by atoms with Crippen molar-refractivity contribution in [2.24, 2.45) is 0 Å². The van der Waals surface area contributed by atoms with Gasteiger partial charge in [0.2, 0.25) is 0 Å². The lowest BCUT2D eigenvalue weighted by molar-refractivity contribution is 0.426. The summed E-state index contributed by atoms with van der Waals surface area (Å²) in [7, 11) is -1.45. The molecule has 0 amide bonds. The molecule has 0 fully saturated rings. The summed E-state index contributed by atoms with van der Waals surface area (Å²) in [4.78, 5) is 0. The third-order valence-electron chi connectivity index (χ3n) is 5.23. The van der Waals surface area contributed by atoms with E-state index in [1.54, 1.807) is 12.1 Å². The van der Waals surface area contributed by atoms with E-state index in [0.29, 0.717) is 5.46 Å². The molecule has 134 valence electrons. The molecule has 0 aliphatic carbocycles. The van der Waals surface area contributed by atoms with Gasteiger partial charge in [-0.05, 0) is 40.9 Å². The molecule has 0 radical (unpaired) electrons. The number of rotatable bonds is 3. The van der Waals surface area contributed by atoms with Gasteiger partial charge in [0.1, 0.15) is 0 Å². The molecule has 0 aliphatic heterocycles. The maximum atomic E-state index is 9.31. The molecule has 5 aromatic rings. The summed E-state index contributed by atoms with van der Waals surface area (Å²) in [5.74, 6) is 0. The number of aromatic nitrogens is 1. The summed E-state index contributed by atoms with van der Waals surface area (Å²) >= 11 is 0. The van der Waals surface area contributed by atoms with Gasteiger partial charge in [0.25, 0.3) is 0 Å². The van der Waals surface area contributed by atoms with Crippen LogP contribution in [0.1, 0.15) is 0 Å². The van der Waals surface area contributed by atoms with Gasteiger partial charge >= 0.3 is 7.12 Å². The van der Waals surface area contributed by atoms with Gasteiger partial charge < -0.3 is 14.6 Å². The Morgan fingerprint density at radius 2 is 1.18 bits per heavy atom.